The highest BCUT2D eigenvalue weighted by Crippen LogP contribution is 2.22. The normalized spacial score (nSPS) is 12.1. The number of rotatable bonds is 12. The quantitative estimate of drug-likeness (QED) is 0.437. The highest BCUT2D eigenvalue weighted by Gasteiger charge is 2.32. The van der Waals surface area contributed by atoms with Gasteiger partial charge in [0, 0.05) is 18.1 Å². The maximum atomic E-state index is 13.5. The van der Waals surface area contributed by atoms with E-state index in [-0.39, 0.29) is 18.1 Å². The van der Waals surface area contributed by atoms with Crippen molar-refractivity contribution in [1.82, 2.24) is 10.2 Å². The maximum absolute atomic E-state index is 13.5. The zero-order chi connectivity index (χ0) is 25.3. The minimum atomic E-state index is -3.87. The highest BCUT2D eigenvalue weighted by atomic mass is 35.5. The van der Waals surface area contributed by atoms with E-state index in [4.69, 9.17) is 11.6 Å². The number of carbonyl (C=O) groups is 2. The van der Waals surface area contributed by atoms with Gasteiger partial charge in [-0.1, -0.05) is 50.1 Å². The van der Waals surface area contributed by atoms with E-state index in [0.29, 0.717) is 23.6 Å². The number of amides is 2. The van der Waals surface area contributed by atoms with Crippen molar-refractivity contribution in [3.63, 3.8) is 0 Å². The summed E-state index contributed by atoms with van der Waals surface area (Å²) < 4.78 is 39.3. The molecule has 0 saturated heterocycles. The van der Waals surface area contributed by atoms with E-state index in [1.807, 2.05) is 6.92 Å². The topological polar surface area (TPSA) is 86.8 Å². The predicted octanol–water partition coefficient (Wildman–Crippen LogP) is 3.97. The average Bonchev–Trinajstić information content (AvgIpc) is 2.78. The molecular weight excluding hydrogens is 481 g/mol. The lowest BCUT2D eigenvalue weighted by Gasteiger charge is -2.33. The molecule has 2 aromatic carbocycles. The van der Waals surface area contributed by atoms with Crippen LogP contribution in [0.1, 0.15) is 38.7 Å². The van der Waals surface area contributed by atoms with Crippen molar-refractivity contribution in [2.24, 2.45) is 0 Å². The SMILES string of the molecule is CCCCNC(=O)[C@@H](CC)N(Cc1ccccc1Cl)C(=O)CN(c1ccc(F)cc1)S(C)(=O)=O. The van der Waals surface area contributed by atoms with Crippen molar-refractivity contribution < 1.29 is 22.4 Å². The van der Waals surface area contributed by atoms with Crippen LogP contribution < -0.4 is 9.62 Å². The number of nitrogens with zero attached hydrogens (tertiary/aromatic N) is 2. The second kappa shape index (κ2) is 12.7. The summed E-state index contributed by atoms with van der Waals surface area (Å²) >= 11 is 6.31. The molecule has 10 heteroatoms. The fourth-order valence-corrected chi connectivity index (χ4v) is 4.50. The Hall–Kier alpha value is -2.65. The second-order valence-electron chi connectivity index (χ2n) is 7.93. The Morgan fingerprint density at radius 2 is 1.74 bits per heavy atom. The molecule has 2 amide bonds. The Morgan fingerprint density at radius 1 is 1.09 bits per heavy atom. The molecule has 0 fully saturated rings. The van der Waals surface area contributed by atoms with Crippen molar-refractivity contribution in [2.75, 3.05) is 23.7 Å². The molecule has 186 valence electrons. The van der Waals surface area contributed by atoms with Crippen molar-refractivity contribution in [2.45, 2.75) is 45.7 Å². The van der Waals surface area contributed by atoms with E-state index in [0.717, 1.165) is 35.5 Å². The summed E-state index contributed by atoms with van der Waals surface area (Å²) in [5.41, 5.74) is 0.778. The summed E-state index contributed by atoms with van der Waals surface area (Å²) in [4.78, 5) is 27.8. The number of hydrogen-bond donors (Lipinski definition) is 1. The first-order chi connectivity index (χ1) is 16.1. The molecule has 2 rings (SSSR count). The molecule has 7 nitrogen and oxygen atoms in total. The average molecular weight is 512 g/mol. The van der Waals surface area contributed by atoms with Gasteiger partial charge in [-0.2, -0.15) is 0 Å². The van der Waals surface area contributed by atoms with Crippen LogP contribution in [0.5, 0.6) is 0 Å². The number of sulfonamides is 1. The molecule has 0 aliphatic heterocycles. The number of halogens is 2. The predicted molar refractivity (Wildman–Crippen MR) is 133 cm³/mol. The largest absolute Gasteiger partial charge is 0.354 e. The molecule has 0 aromatic heterocycles. The van der Waals surface area contributed by atoms with Crippen LogP contribution >= 0.6 is 11.6 Å². The number of anilines is 1. The van der Waals surface area contributed by atoms with E-state index in [9.17, 15) is 22.4 Å². The van der Waals surface area contributed by atoms with Gasteiger partial charge in [0.25, 0.3) is 0 Å². The van der Waals surface area contributed by atoms with Gasteiger partial charge in [-0.05, 0) is 48.7 Å². The highest BCUT2D eigenvalue weighted by molar-refractivity contribution is 7.92. The lowest BCUT2D eigenvalue weighted by molar-refractivity contribution is -0.140. The molecule has 1 atom stereocenters. The Morgan fingerprint density at radius 3 is 2.29 bits per heavy atom. The van der Waals surface area contributed by atoms with Crippen LogP contribution in [0.25, 0.3) is 0 Å². The lowest BCUT2D eigenvalue weighted by Crippen LogP contribution is -2.52. The summed E-state index contributed by atoms with van der Waals surface area (Å²) in [6.45, 7) is 3.75. The Labute approximate surface area is 205 Å². The van der Waals surface area contributed by atoms with Crippen molar-refractivity contribution in [3.05, 3.63) is 64.9 Å². The number of carbonyl (C=O) groups excluding carboxylic acids is 2. The number of benzene rings is 2. The summed E-state index contributed by atoms with van der Waals surface area (Å²) in [5.74, 6) is -1.42. The van der Waals surface area contributed by atoms with Crippen LogP contribution in [0, 0.1) is 5.82 Å². The minimum absolute atomic E-state index is 0.0270. The fourth-order valence-electron chi connectivity index (χ4n) is 3.46. The second-order valence-corrected chi connectivity index (χ2v) is 10.2. The molecule has 0 aliphatic carbocycles. The molecule has 0 radical (unpaired) electrons. The fraction of sp³-hybridized carbons (Fsp3) is 0.417. The lowest BCUT2D eigenvalue weighted by atomic mass is 10.1. The van der Waals surface area contributed by atoms with Gasteiger partial charge in [-0.25, -0.2) is 12.8 Å². The van der Waals surface area contributed by atoms with E-state index in [1.165, 1.54) is 17.0 Å². The monoisotopic (exact) mass is 511 g/mol. The third kappa shape index (κ3) is 7.70. The van der Waals surface area contributed by atoms with E-state index >= 15 is 0 Å². The Kier molecular flexibility index (Phi) is 10.3. The van der Waals surface area contributed by atoms with Crippen LogP contribution in [0.4, 0.5) is 10.1 Å². The van der Waals surface area contributed by atoms with Gasteiger partial charge in [0.1, 0.15) is 18.4 Å². The molecule has 0 spiro atoms. The molecule has 0 unspecified atom stereocenters. The summed E-state index contributed by atoms with van der Waals surface area (Å²) in [7, 11) is -3.87. The van der Waals surface area contributed by atoms with Crippen LogP contribution in [0.15, 0.2) is 48.5 Å². The zero-order valence-electron chi connectivity index (χ0n) is 19.6. The molecular formula is C24H31ClFN3O4S. The smallest absolute Gasteiger partial charge is 0.244 e. The van der Waals surface area contributed by atoms with E-state index in [2.05, 4.69) is 5.32 Å². The van der Waals surface area contributed by atoms with Gasteiger partial charge >= 0.3 is 0 Å². The van der Waals surface area contributed by atoms with Gasteiger partial charge in [-0.15, -0.1) is 0 Å². The summed E-state index contributed by atoms with van der Waals surface area (Å²) in [6, 6.07) is 11.0. The molecule has 34 heavy (non-hydrogen) atoms. The molecule has 0 bridgehead atoms. The standard InChI is InChI=1S/C24H31ClFN3O4S/c1-4-6-15-27-24(31)22(5-2)28(16-18-9-7-8-10-21(18)25)23(30)17-29(34(3,32)33)20-13-11-19(26)12-14-20/h7-14,22H,4-6,15-17H2,1-3H3,(H,27,31)/t22-/m1/s1. The first kappa shape index (κ1) is 27.6. The van der Waals surface area contributed by atoms with Gasteiger partial charge < -0.3 is 10.2 Å². The number of nitrogens with one attached hydrogen (secondary N) is 1. The minimum Gasteiger partial charge on any atom is -0.354 e. The summed E-state index contributed by atoms with van der Waals surface area (Å²) in [5, 5.41) is 3.28. The van der Waals surface area contributed by atoms with Gasteiger partial charge in [0.05, 0.1) is 11.9 Å². The third-order valence-corrected chi connectivity index (χ3v) is 6.82. The molecule has 0 aliphatic rings. The van der Waals surface area contributed by atoms with Crippen LogP contribution in [0.2, 0.25) is 5.02 Å². The maximum Gasteiger partial charge on any atom is 0.244 e. The Balaban J connectivity index is 2.40. The Bertz CT molecular complexity index is 1080. The van der Waals surface area contributed by atoms with Crippen molar-refractivity contribution in [1.29, 1.82) is 0 Å². The van der Waals surface area contributed by atoms with Crippen LogP contribution in [-0.2, 0) is 26.2 Å². The molecule has 2 aromatic rings. The van der Waals surface area contributed by atoms with Crippen molar-refractivity contribution in [3.8, 4) is 0 Å². The number of hydrogen-bond acceptors (Lipinski definition) is 4. The third-order valence-electron chi connectivity index (χ3n) is 5.31. The number of unbranched alkanes of at least 4 members (excludes halogenated alkanes) is 1. The summed E-state index contributed by atoms with van der Waals surface area (Å²) in [6.07, 6.45) is 2.99. The molecule has 0 heterocycles. The molecule has 1 N–H and O–H groups in total. The first-order valence-electron chi connectivity index (χ1n) is 11.1. The van der Waals surface area contributed by atoms with Crippen LogP contribution in [0.3, 0.4) is 0 Å². The molecule has 0 saturated carbocycles. The van der Waals surface area contributed by atoms with E-state index in [1.54, 1.807) is 31.2 Å². The van der Waals surface area contributed by atoms with Gasteiger partial charge in [-0.3, -0.25) is 13.9 Å². The van der Waals surface area contributed by atoms with Gasteiger partial charge in [0.2, 0.25) is 21.8 Å². The van der Waals surface area contributed by atoms with E-state index < -0.39 is 34.3 Å². The van der Waals surface area contributed by atoms with Crippen LogP contribution in [-0.4, -0.2) is 50.5 Å². The first-order valence-corrected chi connectivity index (χ1v) is 13.3. The van der Waals surface area contributed by atoms with Gasteiger partial charge in [0.15, 0.2) is 0 Å². The van der Waals surface area contributed by atoms with Crippen molar-refractivity contribution >= 4 is 39.1 Å². The zero-order valence-corrected chi connectivity index (χ0v) is 21.2.